The molecular weight excluding hydrogens is 414 g/mol. The number of amides is 1. The van der Waals surface area contributed by atoms with Crippen molar-refractivity contribution < 1.29 is 9.53 Å². The molecule has 0 saturated carbocycles. The number of fused-ring (bicyclic) bond motifs is 3. The number of nitrogens with one attached hydrogen (secondary N) is 1. The largest absolute Gasteiger partial charge is 0.492 e. The maximum atomic E-state index is 12.6. The van der Waals surface area contributed by atoms with Crippen LogP contribution in [-0.2, 0) is 17.8 Å². The number of rotatable bonds is 9. The van der Waals surface area contributed by atoms with E-state index in [1.165, 1.54) is 0 Å². The lowest BCUT2D eigenvalue weighted by molar-refractivity contribution is -0.121. The van der Waals surface area contributed by atoms with Gasteiger partial charge in [-0.1, -0.05) is 24.3 Å². The molecule has 2 aromatic carbocycles. The molecule has 1 N–H and O–H groups in total. The van der Waals surface area contributed by atoms with Gasteiger partial charge in [0.2, 0.25) is 5.91 Å². The molecule has 33 heavy (non-hydrogen) atoms. The average molecular weight is 446 g/mol. The van der Waals surface area contributed by atoms with Crippen molar-refractivity contribution in [3.8, 4) is 5.75 Å². The topological polar surface area (TPSA) is 71.8 Å². The Morgan fingerprint density at radius 2 is 1.94 bits per heavy atom. The number of aromatic nitrogens is 3. The molecule has 0 aliphatic rings. The lowest BCUT2D eigenvalue weighted by atomic mass is 10.1. The van der Waals surface area contributed by atoms with E-state index in [1.807, 2.05) is 81.0 Å². The highest BCUT2D eigenvalue weighted by Crippen LogP contribution is 2.23. The fourth-order valence-electron chi connectivity index (χ4n) is 3.96. The second-order valence-electron chi connectivity index (χ2n) is 8.59. The van der Waals surface area contributed by atoms with Gasteiger partial charge in [0.15, 0.2) is 5.65 Å². The van der Waals surface area contributed by atoms with Crippen LogP contribution in [0.3, 0.4) is 0 Å². The van der Waals surface area contributed by atoms with E-state index in [0.29, 0.717) is 26.0 Å². The molecule has 0 spiro atoms. The normalized spacial score (nSPS) is 11.4. The van der Waals surface area contributed by atoms with Crippen LogP contribution in [0.15, 0.2) is 48.5 Å². The van der Waals surface area contributed by atoms with Crippen LogP contribution in [0.1, 0.15) is 28.9 Å². The highest BCUT2D eigenvalue weighted by atomic mass is 16.5. The number of ether oxygens (including phenoxy) is 1. The van der Waals surface area contributed by atoms with Crippen molar-refractivity contribution >= 4 is 22.5 Å². The molecule has 7 heteroatoms. The molecule has 0 unspecified atom stereocenters. The Kier molecular flexibility index (Phi) is 6.89. The Hall–Kier alpha value is -3.45. The Balaban J connectivity index is 1.37. The van der Waals surface area contributed by atoms with E-state index < -0.39 is 0 Å². The van der Waals surface area contributed by atoms with Gasteiger partial charge in [-0.2, -0.15) is 5.10 Å². The smallest absolute Gasteiger partial charge is 0.220 e. The molecule has 1 amide bonds. The van der Waals surface area contributed by atoms with Gasteiger partial charge < -0.3 is 15.0 Å². The highest BCUT2D eigenvalue weighted by Gasteiger charge is 2.15. The second kappa shape index (κ2) is 10.0. The molecule has 0 atom stereocenters. The quantitative estimate of drug-likeness (QED) is 0.425. The third-order valence-electron chi connectivity index (χ3n) is 5.82. The van der Waals surface area contributed by atoms with Crippen LogP contribution in [0.2, 0.25) is 0 Å². The first kappa shape index (κ1) is 22.7. The number of likely N-dealkylation sites (N-methyl/N-ethyl adjacent to an activating group) is 1. The number of hydrogen-bond acceptors (Lipinski definition) is 5. The first-order chi connectivity index (χ1) is 15.9. The molecule has 0 bridgehead atoms. The molecular formula is C26H31N5O2. The minimum absolute atomic E-state index is 0.0125. The highest BCUT2D eigenvalue weighted by molar-refractivity contribution is 5.92. The molecule has 0 aliphatic carbocycles. The van der Waals surface area contributed by atoms with Gasteiger partial charge in [-0.15, -0.1) is 0 Å². The standard InChI is InChI=1S/C26H31N5O2/c1-18-22(19(2)31-26(28-18)23-10-5-6-11-24(23)29-31)12-13-25(32)27-17-20-8-7-9-21(16-20)33-15-14-30(3)4/h5-11,16H,12-15,17H2,1-4H3,(H,27,32). The molecule has 2 heterocycles. The van der Waals surface area contributed by atoms with E-state index in [4.69, 9.17) is 14.8 Å². The zero-order valence-electron chi connectivity index (χ0n) is 19.8. The predicted octanol–water partition coefficient (Wildman–Crippen LogP) is 3.69. The van der Waals surface area contributed by atoms with Crippen molar-refractivity contribution in [3.05, 3.63) is 71.0 Å². The van der Waals surface area contributed by atoms with E-state index in [9.17, 15) is 4.79 Å². The van der Waals surface area contributed by atoms with E-state index in [0.717, 1.165) is 51.4 Å². The van der Waals surface area contributed by atoms with Crippen LogP contribution in [0.5, 0.6) is 5.75 Å². The zero-order valence-corrected chi connectivity index (χ0v) is 19.8. The Morgan fingerprint density at radius 3 is 2.76 bits per heavy atom. The van der Waals surface area contributed by atoms with Crippen molar-refractivity contribution in [2.75, 3.05) is 27.2 Å². The number of nitrogens with zero attached hydrogens (tertiary/aromatic N) is 4. The Labute approximate surface area is 194 Å². The van der Waals surface area contributed by atoms with Crippen LogP contribution < -0.4 is 10.1 Å². The SMILES string of the molecule is Cc1nc2c3ccccc3nn2c(C)c1CCC(=O)NCc1cccc(OCCN(C)C)c1. The maximum absolute atomic E-state index is 12.6. The summed E-state index contributed by atoms with van der Waals surface area (Å²) in [7, 11) is 4.03. The summed E-state index contributed by atoms with van der Waals surface area (Å²) in [4.78, 5) is 19.4. The molecule has 2 aromatic heterocycles. The number of hydrogen-bond donors (Lipinski definition) is 1. The van der Waals surface area contributed by atoms with Crippen molar-refractivity contribution in [3.63, 3.8) is 0 Å². The van der Waals surface area contributed by atoms with Crippen molar-refractivity contribution in [2.45, 2.75) is 33.2 Å². The molecule has 0 saturated heterocycles. The van der Waals surface area contributed by atoms with Gasteiger partial charge in [0.25, 0.3) is 0 Å². The van der Waals surface area contributed by atoms with E-state index in [1.54, 1.807) is 0 Å². The van der Waals surface area contributed by atoms with Gasteiger partial charge in [0.05, 0.1) is 5.52 Å². The number of carbonyl (C=O) groups is 1. The van der Waals surface area contributed by atoms with Gasteiger partial charge in [-0.05, 0) is 69.8 Å². The van der Waals surface area contributed by atoms with Crippen LogP contribution in [0.25, 0.3) is 16.6 Å². The molecule has 172 valence electrons. The predicted molar refractivity (Wildman–Crippen MR) is 131 cm³/mol. The number of benzene rings is 2. The molecule has 0 radical (unpaired) electrons. The Morgan fingerprint density at radius 1 is 1.12 bits per heavy atom. The molecule has 7 nitrogen and oxygen atoms in total. The number of carbonyl (C=O) groups excluding carboxylic acids is 1. The summed E-state index contributed by atoms with van der Waals surface area (Å²) in [5.74, 6) is 0.833. The van der Waals surface area contributed by atoms with Crippen LogP contribution in [0.4, 0.5) is 0 Å². The second-order valence-corrected chi connectivity index (χ2v) is 8.59. The lowest BCUT2D eigenvalue weighted by Crippen LogP contribution is -2.23. The van der Waals surface area contributed by atoms with Crippen molar-refractivity contribution in [2.24, 2.45) is 0 Å². The third kappa shape index (κ3) is 5.31. The zero-order chi connectivity index (χ0) is 23.4. The van der Waals surface area contributed by atoms with Gasteiger partial charge in [0, 0.05) is 36.3 Å². The van der Waals surface area contributed by atoms with Gasteiger partial charge in [0.1, 0.15) is 12.4 Å². The van der Waals surface area contributed by atoms with E-state index in [2.05, 4.69) is 10.2 Å². The minimum atomic E-state index is 0.0125. The fourth-order valence-corrected chi connectivity index (χ4v) is 3.96. The Bertz CT molecular complexity index is 1280. The maximum Gasteiger partial charge on any atom is 0.220 e. The lowest BCUT2D eigenvalue weighted by Gasteiger charge is -2.13. The summed E-state index contributed by atoms with van der Waals surface area (Å²) in [5.41, 5.74) is 5.85. The fraction of sp³-hybridized carbons (Fsp3) is 0.346. The summed E-state index contributed by atoms with van der Waals surface area (Å²) in [5, 5.41) is 8.76. The van der Waals surface area contributed by atoms with Crippen molar-refractivity contribution in [1.29, 1.82) is 0 Å². The first-order valence-corrected chi connectivity index (χ1v) is 11.3. The summed E-state index contributed by atoms with van der Waals surface area (Å²) < 4.78 is 7.68. The van der Waals surface area contributed by atoms with E-state index in [-0.39, 0.29) is 5.91 Å². The van der Waals surface area contributed by atoms with Gasteiger partial charge >= 0.3 is 0 Å². The van der Waals surface area contributed by atoms with Crippen molar-refractivity contribution in [1.82, 2.24) is 24.8 Å². The summed E-state index contributed by atoms with van der Waals surface area (Å²) in [6, 6.07) is 15.9. The summed E-state index contributed by atoms with van der Waals surface area (Å²) >= 11 is 0. The number of aryl methyl sites for hydroxylation is 2. The molecule has 4 rings (SSSR count). The van der Waals surface area contributed by atoms with Gasteiger partial charge in [-0.25, -0.2) is 9.50 Å². The van der Waals surface area contributed by atoms with Crippen LogP contribution in [0, 0.1) is 13.8 Å². The van der Waals surface area contributed by atoms with Crippen LogP contribution >= 0.6 is 0 Å². The average Bonchev–Trinajstić information content (AvgIpc) is 3.16. The first-order valence-electron chi connectivity index (χ1n) is 11.3. The molecule has 4 aromatic rings. The monoisotopic (exact) mass is 445 g/mol. The van der Waals surface area contributed by atoms with E-state index >= 15 is 0 Å². The molecule has 0 aliphatic heterocycles. The van der Waals surface area contributed by atoms with Crippen LogP contribution in [-0.4, -0.2) is 52.7 Å². The summed E-state index contributed by atoms with van der Waals surface area (Å²) in [6.45, 7) is 6.01. The third-order valence-corrected chi connectivity index (χ3v) is 5.82. The van der Waals surface area contributed by atoms with Gasteiger partial charge in [-0.3, -0.25) is 4.79 Å². The minimum Gasteiger partial charge on any atom is -0.492 e. The molecule has 0 fully saturated rings. The summed E-state index contributed by atoms with van der Waals surface area (Å²) in [6.07, 6.45) is 1.02.